The zero-order valence-corrected chi connectivity index (χ0v) is 11.3. The lowest BCUT2D eigenvalue weighted by Crippen LogP contribution is -2.29. The number of rotatable bonds is 2. The summed E-state index contributed by atoms with van der Waals surface area (Å²) in [5.41, 5.74) is 7.52. The van der Waals surface area contributed by atoms with Gasteiger partial charge in [0.2, 0.25) is 0 Å². The van der Waals surface area contributed by atoms with Crippen LogP contribution >= 0.6 is 0 Å². The van der Waals surface area contributed by atoms with Crippen LogP contribution in [0.15, 0.2) is 30.3 Å². The molecular weight excluding hydrogens is 270 g/mol. The van der Waals surface area contributed by atoms with Crippen molar-refractivity contribution in [2.45, 2.75) is 13.5 Å². The third-order valence-electron chi connectivity index (χ3n) is 3.43. The summed E-state index contributed by atoms with van der Waals surface area (Å²) in [4.78, 5) is 29.9. The molecule has 21 heavy (non-hydrogen) atoms. The lowest BCUT2D eigenvalue weighted by atomic mass is 10.1. The van der Waals surface area contributed by atoms with E-state index in [1.807, 2.05) is 0 Å². The van der Waals surface area contributed by atoms with Gasteiger partial charge in [-0.3, -0.25) is 19.5 Å². The van der Waals surface area contributed by atoms with Gasteiger partial charge in [0.25, 0.3) is 11.8 Å². The number of anilines is 1. The molecule has 6 nitrogen and oxygen atoms in total. The van der Waals surface area contributed by atoms with Crippen molar-refractivity contribution in [3.63, 3.8) is 0 Å². The number of nitrogen functional groups attached to an aromatic ring is 1. The number of hydrogen-bond donors (Lipinski definition) is 2. The van der Waals surface area contributed by atoms with Crippen molar-refractivity contribution in [3.05, 3.63) is 52.8 Å². The summed E-state index contributed by atoms with van der Waals surface area (Å²) in [6.45, 7) is 1.68. The van der Waals surface area contributed by atoms with Crippen LogP contribution in [0.25, 0.3) is 0 Å². The first-order valence-corrected chi connectivity index (χ1v) is 6.39. The number of pyridine rings is 1. The second-order valence-electron chi connectivity index (χ2n) is 4.88. The van der Waals surface area contributed by atoms with E-state index in [1.165, 1.54) is 6.07 Å². The minimum Gasteiger partial charge on any atom is -0.506 e. The Morgan fingerprint density at radius 3 is 2.67 bits per heavy atom. The first kappa shape index (κ1) is 13.1. The molecule has 0 saturated carbocycles. The first-order valence-electron chi connectivity index (χ1n) is 6.39. The molecule has 0 aliphatic carbocycles. The predicted octanol–water partition coefficient (Wildman–Crippen LogP) is 1.47. The van der Waals surface area contributed by atoms with E-state index in [-0.39, 0.29) is 34.8 Å². The van der Waals surface area contributed by atoms with Gasteiger partial charge < -0.3 is 10.8 Å². The third-order valence-corrected chi connectivity index (χ3v) is 3.43. The van der Waals surface area contributed by atoms with Crippen LogP contribution in [0, 0.1) is 6.92 Å². The number of hydrogen-bond acceptors (Lipinski definition) is 5. The molecule has 2 heterocycles. The minimum absolute atomic E-state index is 0.0508. The number of carbonyl (C=O) groups excluding carboxylic acids is 2. The van der Waals surface area contributed by atoms with Crippen molar-refractivity contribution in [2.24, 2.45) is 0 Å². The number of imide groups is 1. The molecule has 1 aliphatic rings. The molecule has 1 aliphatic heterocycles. The van der Waals surface area contributed by atoms with E-state index in [0.717, 1.165) is 4.90 Å². The van der Waals surface area contributed by atoms with Crippen molar-refractivity contribution in [1.29, 1.82) is 0 Å². The van der Waals surface area contributed by atoms with Gasteiger partial charge in [0.1, 0.15) is 11.4 Å². The summed E-state index contributed by atoms with van der Waals surface area (Å²) in [6, 6.07) is 7.92. The van der Waals surface area contributed by atoms with E-state index in [9.17, 15) is 14.7 Å². The number of nitrogens with zero attached hydrogens (tertiary/aromatic N) is 2. The van der Waals surface area contributed by atoms with Crippen LogP contribution in [0.1, 0.15) is 32.1 Å². The predicted molar refractivity (Wildman–Crippen MR) is 75.7 cm³/mol. The number of amides is 2. The Morgan fingerprint density at radius 1 is 1.19 bits per heavy atom. The van der Waals surface area contributed by atoms with Crippen molar-refractivity contribution < 1.29 is 14.7 Å². The van der Waals surface area contributed by atoms with Crippen molar-refractivity contribution in [2.75, 3.05) is 5.73 Å². The monoisotopic (exact) mass is 283 g/mol. The highest BCUT2D eigenvalue weighted by atomic mass is 16.3. The second kappa shape index (κ2) is 4.59. The summed E-state index contributed by atoms with van der Waals surface area (Å²) in [6.07, 6.45) is 0. The highest BCUT2D eigenvalue weighted by Crippen LogP contribution is 2.29. The van der Waals surface area contributed by atoms with Gasteiger partial charge in [0.05, 0.1) is 17.7 Å². The molecule has 2 aromatic rings. The zero-order valence-electron chi connectivity index (χ0n) is 11.3. The molecule has 6 heteroatoms. The van der Waals surface area contributed by atoms with Gasteiger partial charge in [-0.05, 0) is 31.2 Å². The van der Waals surface area contributed by atoms with Gasteiger partial charge in [-0.1, -0.05) is 6.07 Å². The van der Waals surface area contributed by atoms with Gasteiger partial charge in [-0.15, -0.1) is 0 Å². The number of carbonyl (C=O) groups is 2. The maximum absolute atomic E-state index is 12.3. The van der Waals surface area contributed by atoms with Gasteiger partial charge in [0.15, 0.2) is 0 Å². The quantitative estimate of drug-likeness (QED) is 0.642. The summed E-state index contributed by atoms with van der Waals surface area (Å²) in [5.74, 6) is -0.939. The molecule has 0 bridgehead atoms. The molecule has 0 atom stereocenters. The Hall–Kier alpha value is -2.89. The van der Waals surface area contributed by atoms with Gasteiger partial charge in [-0.25, -0.2) is 0 Å². The first-order chi connectivity index (χ1) is 9.99. The Kier molecular flexibility index (Phi) is 2.86. The molecule has 106 valence electrons. The van der Waals surface area contributed by atoms with Crippen LogP contribution in [-0.4, -0.2) is 26.8 Å². The van der Waals surface area contributed by atoms with E-state index in [4.69, 9.17) is 5.73 Å². The minimum atomic E-state index is -0.462. The van der Waals surface area contributed by atoms with E-state index in [1.54, 1.807) is 31.2 Å². The smallest absolute Gasteiger partial charge is 0.264 e. The summed E-state index contributed by atoms with van der Waals surface area (Å²) < 4.78 is 0. The highest BCUT2D eigenvalue weighted by Gasteiger charge is 2.37. The number of benzene rings is 1. The molecule has 3 rings (SSSR count). The fourth-order valence-corrected chi connectivity index (χ4v) is 2.37. The third kappa shape index (κ3) is 2.01. The molecule has 1 aromatic heterocycles. The molecule has 0 spiro atoms. The lowest BCUT2D eigenvalue weighted by Gasteiger charge is -2.14. The topological polar surface area (TPSA) is 96.5 Å². The average Bonchev–Trinajstić information content (AvgIpc) is 2.69. The van der Waals surface area contributed by atoms with E-state index in [2.05, 4.69) is 4.98 Å². The van der Waals surface area contributed by atoms with Crippen molar-refractivity contribution >= 4 is 17.5 Å². The van der Waals surface area contributed by atoms with Gasteiger partial charge >= 0.3 is 0 Å². The normalized spacial score (nSPS) is 13.7. The Morgan fingerprint density at radius 2 is 1.95 bits per heavy atom. The lowest BCUT2D eigenvalue weighted by molar-refractivity contribution is 0.0640. The summed E-state index contributed by atoms with van der Waals surface area (Å²) in [7, 11) is 0. The van der Waals surface area contributed by atoms with Gasteiger partial charge in [-0.2, -0.15) is 0 Å². The van der Waals surface area contributed by atoms with Crippen LogP contribution < -0.4 is 5.73 Å². The van der Waals surface area contributed by atoms with Gasteiger partial charge in [0, 0.05) is 11.4 Å². The number of fused-ring (bicyclic) bond motifs is 1. The number of aromatic hydroxyl groups is 1. The van der Waals surface area contributed by atoms with E-state index >= 15 is 0 Å². The fraction of sp³-hybridized carbons (Fsp3) is 0.133. The van der Waals surface area contributed by atoms with Crippen LogP contribution in [0.4, 0.5) is 5.69 Å². The molecule has 3 N–H and O–H groups in total. The van der Waals surface area contributed by atoms with E-state index in [0.29, 0.717) is 5.69 Å². The maximum Gasteiger partial charge on any atom is 0.264 e. The van der Waals surface area contributed by atoms with E-state index < -0.39 is 11.8 Å². The Bertz CT molecular complexity index is 771. The molecular formula is C15H13N3O3. The second-order valence-corrected chi connectivity index (χ2v) is 4.88. The average molecular weight is 283 g/mol. The Balaban J connectivity index is 1.99. The number of aromatic nitrogens is 1. The SMILES string of the molecule is Cc1ccc(O)c(CN2C(=O)c3cccc(N)c3C2=O)n1. The van der Waals surface area contributed by atoms with Crippen LogP contribution in [0.2, 0.25) is 0 Å². The van der Waals surface area contributed by atoms with Crippen molar-refractivity contribution in [1.82, 2.24) is 9.88 Å². The molecule has 0 fully saturated rings. The molecule has 2 amide bonds. The standard InChI is InChI=1S/C15H13N3O3/c1-8-5-6-12(19)11(17-8)7-18-14(20)9-3-2-4-10(16)13(9)15(18)21/h2-6,19H,7,16H2,1H3. The fourth-order valence-electron chi connectivity index (χ4n) is 2.37. The largest absolute Gasteiger partial charge is 0.506 e. The van der Waals surface area contributed by atoms with Crippen molar-refractivity contribution in [3.8, 4) is 5.75 Å². The van der Waals surface area contributed by atoms with Crippen LogP contribution in [0.5, 0.6) is 5.75 Å². The van der Waals surface area contributed by atoms with Crippen LogP contribution in [-0.2, 0) is 6.54 Å². The molecule has 1 aromatic carbocycles. The summed E-state index contributed by atoms with van der Waals surface area (Å²) >= 11 is 0. The van der Waals surface area contributed by atoms with Crippen LogP contribution in [0.3, 0.4) is 0 Å². The summed E-state index contributed by atoms with van der Waals surface area (Å²) in [5, 5.41) is 9.80. The molecule has 0 saturated heterocycles. The molecule has 0 unspecified atom stereocenters. The Labute approximate surface area is 120 Å². The zero-order chi connectivity index (χ0) is 15.1. The number of nitrogens with two attached hydrogens (primary N) is 1. The maximum atomic E-state index is 12.3. The number of aryl methyl sites for hydroxylation is 1. The highest BCUT2D eigenvalue weighted by molar-refractivity contribution is 6.23. The molecule has 0 radical (unpaired) electrons.